The predicted molar refractivity (Wildman–Crippen MR) is 264 cm³/mol. The van der Waals surface area contributed by atoms with Gasteiger partial charge in [0.1, 0.15) is 29.6 Å². The van der Waals surface area contributed by atoms with E-state index in [1.165, 1.54) is 0 Å². The number of anilines is 2. The lowest BCUT2D eigenvalue weighted by Crippen LogP contribution is -2.47. The molecule has 1 aromatic heterocycles. The summed E-state index contributed by atoms with van der Waals surface area (Å²) in [5.74, 6) is -1.05. The second kappa shape index (κ2) is 30.2. The number of hydrogen-bond acceptors (Lipinski definition) is 13. The molecule has 0 fully saturated rings. The lowest BCUT2D eigenvalue weighted by molar-refractivity contribution is -0.110. The minimum absolute atomic E-state index is 0.321. The molecule has 0 spiro atoms. The number of amides is 3. The molecule has 3 amide bonds. The molecule has 17 nitrogen and oxygen atoms in total. The van der Waals surface area contributed by atoms with E-state index in [2.05, 4.69) is 78.1 Å². The Bertz CT molecular complexity index is 2310. The number of aromatic nitrogens is 2. The number of fused-ring (bicyclic) bond motifs is 2. The minimum atomic E-state index is -0.779. The summed E-state index contributed by atoms with van der Waals surface area (Å²) in [6.07, 6.45) is 19.4. The molecule has 0 saturated carbocycles. The smallest absolute Gasteiger partial charge is 0.254 e. The molecular weight excluding hydrogens is 875 g/mol. The molecule has 0 bridgehead atoms. The molecule has 3 aromatic rings. The first-order chi connectivity index (χ1) is 32.9. The minimum Gasteiger partial charge on any atom is -0.492 e. The van der Waals surface area contributed by atoms with Crippen molar-refractivity contribution in [3.63, 3.8) is 0 Å². The Kier molecular flexibility index (Phi) is 24.4. The van der Waals surface area contributed by atoms with Crippen molar-refractivity contribution in [1.29, 1.82) is 5.26 Å². The average Bonchev–Trinajstić information content (AvgIpc) is 3.91. The molecule has 0 aliphatic carbocycles. The highest BCUT2D eigenvalue weighted by Crippen LogP contribution is 2.35. The van der Waals surface area contributed by atoms with Crippen molar-refractivity contribution in [3.8, 4) is 6.07 Å². The zero-order valence-electron chi connectivity index (χ0n) is 39.7. The monoisotopic (exact) mass is 941 g/mol. The Hall–Kier alpha value is -7.20. The lowest BCUT2D eigenvalue weighted by atomic mass is 9.87. The van der Waals surface area contributed by atoms with E-state index < -0.39 is 29.0 Å². The van der Waals surface area contributed by atoms with E-state index in [9.17, 15) is 33.2 Å². The van der Waals surface area contributed by atoms with Crippen LogP contribution in [-0.4, -0.2) is 111 Å². The van der Waals surface area contributed by atoms with Gasteiger partial charge in [0.2, 0.25) is 12.8 Å². The number of nitrogens with zero attached hydrogens (tertiary/aromatic N) is 6. The number of ether oxygens (including phenoxy) is 1. The van der Waals surface area contributed by atoms with Crippen LogP contribution in [0.5, 0.6) is 0 Å². The van der Waals surface area contributed by atoms with Gasteiger partial charge in [0.25, 0.3) is 5.91 Å². The van der Waals surface area contributed by atoms with Gasteiger partial charge in [0.05, 0.1) is 41.7 Å². The number of carbonyl (C=O) groups is 4. The summed E-state index contributed by atoms with van der Waals surface area (Å²) in [6, 6.07) is 11.0. The molecule has 3 heterocycles. The number of carbonyl (C=O) groups excluding carboxylic acids is 4. The number of hydrazone groups is 1. The highest BCUT2D eigenvalue weighted by Gasteiger charge is 2.37. The third-order valence-electron chi connectivity index (χ3n) is 10.8. The number of aliphatic imine (C=N–C) groups is 1. The fourth-order valence-electron chi connectivity index (χ4n) is 7.37. The average molecular weight is 941 g/mol. The van der Waals surface area contributed by atoms with Crippen LogP contribution in [0.4, 0.5) is 20.3 Å². The summed E-state index contributed by atoms with van der Waals surface area (Å²) >= 11 is 0. The fourth-order valence-corrected chi connectivity index (χ4v) is 7.37. The zero-order valence-corrected chi connectivity index (χ0v) is 39.7. The summed E-state index contributed by atoms with van der Waals surface area (Å²) in [7, 11) is 5.66. The first-order valence-corrected chi connectivity index (χ1v) is 22.6. The molecule has 0 radical (unpaired) electrons. The number of benzene rings is 2. The van der Waals surface area contributed by atoms with E-state index in [0.717, 1.165) is 103 Å². The molecule has 0 saturated heterocycles. The maximum Gasteiger partial charge on any atom is 0.254 e. The van der Waals surface area contributed by atoms with Crippen LogP contribution < -0.4 is 31.9 Å². The number of aryl methyl sites for hydroxylation is 1. The van der Waals surface area contributed by atoms with Crippen molar-refractivity contribution in [2.75, 3.05) is 57.5 Å². The third kappa shape index (κ3) is 17.2. The van der Waals surface area contributed by atoms with E-state index in [0.29, 0.717) is 57.5 Å². The van der Waals surface area contributed by atoms with Crippen molar-refractivity contribution < 1.29 is 32.7 Å². The number of unbranched alkanes of at least 4 members (excludes halogenated alkanes) is 3. The van der Waals surface area contributed by atoms with Crippen molar-refractivity contribution >= 4 is 60.4 Å². The van der Waals surface area contributed by atoms with Gasteiger partial charge in [-0.05, 0) is 114 Å². The maximum absolute atomic E-state index is 14.2. The summed E-state index contributed by atoms with van der Waals surface area (Å²) in [5, 5.41) is 39.0. The van der Waals surface area contributed by atoms with Crippen LogP contribution in [0.2, 0.25) is 0 Å². The number of para-hydroxylation sites is 1. The van der Waals surface area contributed by atoms with Gasteiger partial charge in [-0.25, -0.2) is 8.78 Å². The van der Waals surface area contributed by atoms with Gasteiger partial charge in [-0.2, -0.15) is 15.5 Å². The van der Waals surface area contributed by atoms with Crippen LogP contribution in [-0.2, 0) is 26.2 Å². The quantitative estimate of drug-likeness (QED) is 0.0217. The Balaban J connectivity index is 0.000000352. The number of aldehydes is 1. The number of nitrogens with one attached hydrogen (secondary N) is 6. The molecule has 5 rings (SSSR count). The first-order valence-electron chi connectivity index (χ1n) is 22.6. The van der Waals surface area contributed by atoms with Crippen LogP contribution in [0.3, 0.4) is 0 Å². The van der Waals surface area contributed by atoms with Crippen molar-refractivity contribution in [2.45, 2.75) is 76.8 Å². The molecule has 3 unspecified atom stereocenters. The Morgan fingerprint density at radius 3 is 2.44 bits per heavy atom. The zero-order chi connectivity index (χ0) is 49.7. The first kappa shape index (κ1) is 55.1. The molecule has 19 heteroatoms. The van der Waals surface area contributed by atoms with E-state index in [1.54, 1.807) is 30.7 Å². The molecule has 366 valence electrons. The standard InChI is InChI=1S/C29H34F2N6O2.C16H25N5O.C4H7NO2/c1-5-39-23-15-24(27-21(16-32)18-35-37(27)19-23)20(17-34-4)8-6-7-11-29(2,12-13-33-3)36-28(38)25-14-22(30)9-10-26(25)31;1-17-16-13-8-7-9-14(15(13)21(2)20-16)19-11-6-4-3-5-10-18-12-22;6-3-1-2-5-4-7/h6,8-10,14-15,17-19,21,27,33H,4-5,7,11-13H2,1-3H3,(H,36,38);7-9,12,19H,3-6,10-11H2,1-2H3,(H,17,20)(H,18,22);3-4H,1-2H2,(H,5,7)/b8-6-,20-17+;;. The molecule has 2 aliphatic rings. The van der Waals surface area contributed by atoms with Crippen LogP contribution in [0, 0.1) is 28.9 Å². The highest BCUT2D eigenvalue weighted by atomic mass is 19.1. The number of rotatable bonds is 27. The number of nitriles is 1. The molecule has 2 aliphatic heterocycles. The van der Waals surface area contributed by atoms with Gasteiger partial charge in [-0.1, -0.05) is 31.1 Å². The SMILES string of the molecule is C=N/C=C(\C=C/CCC(C)(CCNC)NC(=O)c1cc(F)ccc1F)C1=CC(OCC)=CN2N=CC(C#N)C12.CNc1nn(C)c2c(NCCCCCCNC=O)cccc12.O=CCCNC=O. The number of hydrogen-bond donors (Lipinski definition) is 6. The van der Waals surface area contributed by atoms with Gasteiger partial charge in [0.15, 0.2) is 5.82 Å². The van der Waals surface area contributed by atoms with E-state index >= 15 is 0 Å². The van der Waals surface area contributed by atoms with Crippen LogP contribution in [0.25, 0.3) is 10.9 Å². The molecular formula is C49H66F2N12O5. The topological polar surface area (TPSA) is 219 Å². The van der Waals surface area contributed by atoms with Gasteiger partial charge in [0, 0.05) is 63.5 Å². The maximum atomic E-state index is 14.2. The number of halogens is 2. The molecule has 2 aromatic carbocycles. The van der Waals surface area contributed by atoms with Crippen LogP contribution >= 0.6 is 0 Å². The van der Waals surface area contributed by atoms with E-state index in [-0.39, 0.29) is 11.6 Å². The van der Waals surface area contributed by atoms with E-state index in [1.807, 2.05) is 50.9 Å². The summed E-state index contributed by atoms with van der Waals surface area (Å²) in [6.45, 7) is 10.6. The van der Waals surface area contributed by atoms with Crippen molar-refractivity contribution in [1.82, 2.24) is 36.1 Å². The van der Waals surface area contributed by atoms with Gasteiger partial charge in [-0.3, -0.25) is 29.1 Å². The second-order valence-corrected chi connectivity index (χ2v) is 15.9. The highest BCUT2D eigenvalue weighted by molar-refractivity contribution is 5.98. The third-order valence-corrected chi connectivity index (χ3v) is 10.8. The molecule has 3 atom stereocenters. The van der Waals surface area contributed by atoms with Crippen LogP contribution in [0.1, 0.15) is 75.6 Å². The molecule has 6 N–H and O–H groups in total. The lowest BCUT2D eigenvalue weighted by Gasteiger charge is -2.31. The summed E-state index contributed by atoms with van der Waals surface area (Å²) < 4.78 is 35.5. The van der Waals surface area contributed by atoms with Gasteiger partial charge < -0.3 is 41.4 Å². The normalized spacial score (nSPS) is 15.7. The molecule has 68 heavy (non-hydrogen) atoms. The Morgan fingerprint density at radius 2 is 1.76 bits per heavy atom. The summed E-state index contributed by atoms with van der Waals surface area (Å²) in [4.78, 5) is 45.9. The predicted octanol–water partition coefficient (Wildman–Crippen LogP) is 6.27. The fraction of sp³-hybridized carbons (Fsp3) is 0.429. The largest absolute Gasteiger partial charge is 0.492 e. The van der Waals surface area contributed by atoms with E-state index in [4.69, 9.17) is 4.74 Å². The van der Waals surface area contributed by atoms with Crippen molar-refractivity contribution in [2.24, 2.45) is 23.1 Å². The Labute approximate surface area is 397 Å². The van der Waals surface area contributed by atoms with Crippen molar-refractivity contribution in [3.05, 3.63) is 101 Å². The Morgan fingerprint density at radius 1 is 1.01 bits per heavy atom. The second-order valence-electron chi connectivity index (χ2n) is 15.9. The van der Waals surface area contributed by atoms with Gasteiger partial charge in [-0.15, -0.1) is 0 Å². The number of allylic oxidation sites excluding steroid dienone is 3. The van der Waals surface area contributed by atoms with Gasteiger partial charge >= 0.3 is 0 Å². The van der Waals surface area contributed by atoms with Crippen LogP contribution in [0.15, 0.2) is 94.0 Å². The summed E-state index contributed by atoms with van der Waals surface area (Å²) in [5.41, 5.74) is 2.79.